The van der Waals surface area contributed by atoms with Gasteiger partial charge in [0.1, 0.15) is 23.5 Å². The fourth-order valence-corrected chi connectivity index (χ4v) is 7.27. The van der Waals surface area contributed by atoms with E-state index in [1.165, 1.54) is 6.92 Å². The molecule has 4 rings (SSSR count). The summed E-state index contributed by atoms with van der Waals surface area (Å²) in [5.41, 5.74) is 6.02. The number of phenols is 1. The number of amides is 1. The summed E-state index contributed by atoms with van der Waals surface area (Å²) in [5.74, 6) is -5.66. The normalized spacial score (nSPS) is 30.4. The Bertz CT molecular complexity index is 1290. The monoisotopic (exact) mass is 556 g/mol. The molecule has 0 radical (unpaired) electrons. The highest BCUT2D eigenvalue weighted by atomic mass is 16.3. The summed E-state index contributed by atoms with van der Waals surface area (Å²) in [7, 11) is 7.12. The number of primary amides is 1. The molecule has 0 aromatic heterocycles. The van der Waals surface area contributed by atoms with Crippen LogP contribution in [0.5, 0.6) is 5.75 Å². The van der Waals surface area contributed by atoms with Gasteiger partial charge in [0.15, 0.2) is 11.6 Å². The molecule has 3 aliphatic rings. The largest absolute Gasteiger partial charge is 0.507 e. The molecule has 11 heteroatoms. The number of hydrogen-bond acceptors (Lipinski definition) is 10. The predicted molar refractivity (Wildman–Crippen MR) is 150 cm³/mol. The minimum Gasteiger partial charge on any atom is -0.507 e. The summed E-state index contributed by atoms with van der Waals surface area (Å²) in [6.07, 6.45) is 1.39. The lowest BCUT2D eigenvalue weighted by atomic mass is 9.49. The second kappa shape index (κ2) is 10.6. The molecule has 0 heterocycles. The zero-order valence-corrected chi connectivity index (χ0v) is 24.0. The number of fused-ring (bicyclic) bond motifs is 3. The molecule has 0 aliphatic heterocycles. The minimum atomic E-state index is -1.73. The lowest BCUT2D eigenvalue weighted by molar-refractivity contribution is -0.158. The van der Waals surface area contributed by atoms with Crippen LogP contribution in [0.4, 0.5) is 5.69 Å². The van der Waals surface area contributed by atoms with Crippen molar-refractivity contribution in [1.29, 1.82) is 0 Å². The van der Waals surface area contributed by atoms with Gasteiger partial charge in [-0.05, 0) is 82.2 Å². The molecule has 0 bridgehead atoms. The van der Waals surface area contributed by atoms with Gasteiger partial charge in [0.05, 0.1) is 17.1 Å². The average Bonchev–Trinajstić information content (AvgIpc) is 2.88. The van der Waals surface area contributed by atoms with Crippen LogP contribution < -0.4 is 10.6 Å². The van der Waals surface area contributed by atoms with E-state index in [1.807, 2.05) is 32.0 Å². The van der Waals surface area contributed by atoms with Crippen molar-refractivity contribution in [2.45, 2.75) is 64.1 Å². The Morgan fingerprint density at radius 1 is 1.23 bits per heavy atom. The topological polar surface area (TPSA) is 174 Å². The number of rotatable bonds is 8. The number of phenolic OH excluding ortho intramolecular Hbond substituents is 1. The van der Waals surface area contributed by atoms with Crippen molar-refractivity contribution in [1.82, 2.24) is 4.90 Å². The number of Topliss-reactive ketones (excluding diaryl/α,β-unsaturated/α-hetero) is 2. The third kappa shape index (κ3) is 4.30. The van der Waals surface area contributed by atoms with Gasteiger partial charge in [-0.1, -0.05) is 12.1 Å². The summed E-state index contributed by atoms with van der Waals surface area (Å²) in [5, 5.41) is 36.2. The van der Waals surface area contributed by atoms with Gasteiger partial charge in [-0.15, -0.1) is 0 Å². The number of aryl methyl sites for hydroxylation is 1. The maximum absolute atomic E-state index is 14.3. The van der Waals surface area contributed by atoms with Crippen LogP contribution in [0.15, 0.2) is 16.8 Å². The molecule has 0 spiro atoms. The first-order valence-electron chi connectivity index (χ1n) is 13.8. The summed E-state index contributed by atoms with van der Waals surface area (Å²) in [4.78, 5) is 56.1. The molecule has 218 valence electrons. The van der Waals surface area contributed by atoms with Crippen LogP contribution >= 0.6 is 0 Å². The number of aliphatic hydroxyl groups is 2. The van der Waals surface area contributed by atoms with Crippen molar-refractivity contribution in [2.75, 3.05) is 33.1 Å². The highest BCUT2D eigenvalue weighted by molar-refractivity contribution is 6.22. The van der Waals surface area contributed by atoms with E-state index in [2.05, 4.69) is 5.18 Å². The van der Waals surface area contributed by atoms with Crippen molar-refractivity contribution in [3.8, 4) is 5.75 Å². The highest BCUT2D eigenvalue weighted by Gasteiger charge is 2.66. The molecule has 11 nitrogen and oxygen atoms in total. The Morgan fingerprint density at radius 2 is 1.88 bits per heavy atom. The van der Waals surface area contributed by atoms with E-state index >= 15 is 0 Å². The highest BCUT2D eigenvalue weighted by Crippen LogP contribution is 2.57. The average molecular weight is 557 g/mol. The number of aromatic hydroxyl groups is 1. The van der Waals surface area contributed by atoms with Crippen molar-refractivity contribution >= 4 is 28.9 Å². The number of benzene rings is 1. The Hall–Kier alpha value is -3.31. The number of carbonyl (C=O) groups is 3. The van der Waals surface area contributed by atoms with Gasteiger partial charge >= 0.3 is 0 Å². The molecule has 2 fully saturated rings. The van der Waals surface area contributed by atoms with Crippen molar-refractivity contribution < 1.29 is 29.7 Å². The molecule has 4 unspecified atom stereocenters. The van der Waals surface area contributed by atoms with Gasteiger partial charge in [-0.2, -0.15) is 4.91 Å². The number of nitrogens with zero attached hydrogens (tertiary/aromatic N) is 3. The van der Waals surface area contributed by atoms with Crippen LogP contribution in [-0.4, -0.2) is 84.1 Å². The van der Waals surface area contributed by atoms with E-state index in [4.69, 9.17) is 5.73 Å². The van der Waals surface area contributed by atoms with Crippen LogP contribution in [0, 0.1) is 28.1 Å². The van der Waals surface area contributed by atoms with E-state index in [9.17, 15) is 34.6 Å². The summed E-state index contributed by atoms with van der Waals surface area (Å²) in [6, 6.07) is -0.107. The smallest absolute Gasteiger partial charge is 0.230 e. The van der Waals surface area contributed by atoms with Crippen LogP contribution in [0.3, 0.4) is 0 Å². The standard InChI is InChI=1S/C29H40N4O7/c1-7-15(34)9-8-13-12-18(32(3)4)16-10-14-11-17-23(33(5)6)22(31-40)21(28(30)39)27(38)29(17,2)26(37)19(14)25(36)20(16)24(13)35/h12,14-15,17,21-23,34-36H,7-11H2,1-6H3,(H2,30,39)/t14-,15?,17-,21?,22?,23?,29+/m0/s1. The first-order chi connectivity index (χ1) is 18.7. The molecule has 0 saturated heterocycles. The van der Waals surface area contributed by atoms with Crippen LogP contribution in [0.2, 0.25) is 0 Å². The number of nitroso groups, excluding NO2 is 1. The third-order valence-electron chi connectivity index (χ3n) is 9.43. The number of anilines is 1. The van der Waals surface area contributed by atoms with Gasteiger partial charge in [-0.3, -0.25) is 14.4 Å². The Kier molecular flexibility index (Phi) is 7.85. The summed E-state index contributed by atoms with van der Waals surface area (Å²) < 4.78 is 0. The molecular weight excluding hydrogens is 516 g/mol. The fourth-order valence-electron chi connectivity index (χ4n) is 7.27. The van der Waals surface area contributed by atoms with Crippen LogP contribution in [-0.2, 0) is 27.2 Å². The Labute approximate surface area is 234 Å². The van der Waals surface area contributed by atoms with E-state index < -0.39 is 58.8 Å². The van der Waals surface area contributed by atoms with Gasteiger partial charge in [0.2, 0.25) is 5.91 Å². The zero-order valence-electron chi connectivity index (χ0n) is 24.0. The number of hydrogen-bond donors (Lipinski definition) is 4. The number of likely N-dealkylation sites (N-methyl/N-ethyl adjacent to an activating group) is 1. The minimum absolute atomic E-state index is 0.0450. The van der Waals surface area contributed by atoms with Gasteiger partial charge in [0.25, 0.3) is 0 Å². The predicted octanol–water partition coefficient (Wildman–Crippen LogP) is 1.95. The molecule has 1 aromatic rings. The molecule has 5 N–H and O–H groups in total. The van der Waals surface area contributed by atoms with Crippen molar-refractivity contribution in [3.05, 3.63) is 33.2 Å². The molecular formula is C29H40N4O7. The molecule has 1 aromatic carbocycles. The van der Waals surface area contributed by atoms with Crippen LogP contribution in [0.25, 0.3) is 5.76 Å². The molecule has 7 atom stereocenters. The number of carbonyl (C=O) groups excluding carboxylic acids is 3. The first kappa shape index (κ1) is 29.7. The van der Waals surface area contributed by atoms with Gasteiger partial charge in [-0.25, -0.2) is 0 Å². The lowest BCUT2D eigenvalue weighted by Gasteiger charge is -2.54. The number of nitrogens with two attached hydrogens (primary N) is 1. The lowest BCUT2D eigenvalue weighted by Crippen LogP contribution is -2.68. The van der Waals surface area contributed by atoms with E-state index in [-0.39, 0.29) is 29.1 Å². The number of allylic oxidation sites excluding steroid dienone is 1. The molecule has 3 aliphatic carbocycles. The Balaban J connectivity index is 1.92. The van der Waals surface area contributed by atoms with Gasteiger partial charge < -0.3 is 30.9 Å². The van der Waals surface area contributed by atoms with Crippen molar-refractivity contribution in [2.24, 2.45) is 34.1 Å². The van der Waals surface area contributed by atoms with Crippen molar-refractivity contribution in [3.63, 3.8) is 0 Å². The molecule has 2 saturated carbocycles. The van der Waals surface area contributed by atoms with E-state index in [1.54, 1.807) is 19.0 Å². The van der Waals surface area contributed by atoms with E-state index in [0.29, 0.717) is 36.8 Å². The molecule has 40 heavy (non-hydrogen) atoms. The third-order valence-corrected chi connectivity index (χ3v) is 9.43. The second-order valence-electron chi connectivity index (χ2n) is 12.1. The zero-order chi connectivity index (χ0) is 29.8. The van der Waals surface area contributed by atoms with E-state index in [0.717, 1.165) is 5.69 Å². The quantitative estimate of drug-likeness (QED) is 0.276. The second-order valence-corrected chi connectivity index (χ2v) is 12.1. The molecule has 1 amide bonds. The number of aliphatic hydroxyl groups excluding tert-OH is 2. The summed E-state index contributed by atoms with van der Waals surface area (Å²) in [6.45, 7) is 3.33. The maximum atomic E-state index is 14.3. The number of ketones is 2. The first-order valence-corrected chi connectivity index (χ1v) is 13.8. The SMILES string of the molecule is CCC(O)CCc1cc(N(C)C)c2c(c1O)C(O)=C1C(=O)[C@]3(C)C(=O)C(C(N)=O)C(N=O)C(N(C)C)[C@@H]3C[C@@H]1C2. The van der Waals surface area contributed by atoms with Gasteiger partial charge in [0, 0.05) is 31.4 Å². The Morgan fingerprint density at radius 3 is 2.40 bits per heavy atom. The van der Waals surface area contributed by atoms with Crippen LogP contribution in [0.1, 0.15) is 49.8 Å². The maximum Gasteiger partial charge on any atom is 0.230 e. The fraction of sp³-hybridized carbons (Fsp3) is 0.621. The summed E-state index contributed by atoms with van der Waals surface area (Å²) >= 11 is 0.